The molecule has 99 valence electrons. The van der Waals surface area contributed by atoms with Crippen LogP contribution in [0, 0.1) is 6.42 Å². The Balaban J connectivity index is 3.85. The van der Waals surface area contributed by atoms with Crippen LogP contribution in [0.2, 0.25) is 0 Å². The lowest BCUT2D eigenvalue weighted by molar-refractivity contribution is -0.118. The molecule has 0 aromatic heterocycles. The zero-order valence-corrected chi connectivity index (χ0v) is 11.3. The molecule has 0 aromatic rings. The summed E-state index contributed by atoms with van der Waals surface area (Å²) >= 11 is 0. The van der Waals surface area contributed by atoms with E-state index in [1.807, 2.05) is 6.08 Å². The molecule has 0 bridgehead atoms. The number of carbonyl (C=O) groups is 1. The Hall–Kier alpha value is -0.830. The summed E-state index contributed by atoms with van der Waals surface area (Å²) in [4.78, 5) is 11.6. The van der Waals surface area contributed by atoms with E-state index < -0.39 is 0 Å². The molecule has 17 heavy (non-hydrogen) atoms. The largest absolute Gasteiger partial charge is 0.341 e. The smallest absolute Gasteiger partial charge is 0.225 e. The zero-order chi connectivity index (χ0) is 12.9. The number of hydrogen-bond acceptors (Lipinski definition) is 2. The van der Waals surface area contributed by atoms with Crippen LogP contribution in [0.1, 0.15) is 52.4 Å². The molecule has 1 radical (unpaired) electrons. The van der Waals surface area contributed by atoms with Gasteiger partial charge in [0.1, 0.15) is 0 Å². The molecular weight excluding hydrogens is 212 g/mol. The Labute approximate surface area is 106 Å². The topological polar surface area (TPSA) is 41.1 Å². The maximum absolute atomic E-state index is 11.6. The minimum Gasteiger partial charge on any atom is -0.341 e. The van der Waals surface area contributed by atoms with E-state index in [4.69, 9.17) is 0 Å². The fraction of sp³-hybridized carbons (Fsp3) is 0.714. The quantitative estimate of drug-likeness (QED) is 0.331. The highest BCUT2D eigenvalue weighted by Gasteiger charge is 2.10. The van der Waals surface area contributed by atoms with Crippen molar-refractivity contribution >= 4 is 5.91 Å². The molecule has 0 fully saturated rings. The molecule has 0 aliphatic carbocycles. The number of amides is 1. The van der Waals surface area contributed by atoms with Gasteiger partial charge in [-0.3, -0.25) is 10.1 Å². The number of unbranched alkanes of at least 4 members (excludes halogenated alkanes) is 3. The molecule has 0 saturated carbocycles. The van der Waals surface area contributed by atoms with Gasteiger partial charge in [0, 0.05) is 13.0 Å². The van der Waals surface area contributed by atoms with Crippen molar-refractivity contribution in [3.8, 4) is 0 Å². The van der Waals surface area contributed by atoms with Gasteiger partial charge in [0.05, 0.1) is 6.17 Å². The van der Waals surface area contributed by atoms with Crippen LogP contribution < -0.4 is 10.6 Å². The summed E-state index contributed by atoms with van der Waals surface area (Å²) < 4.78 is 0. The Bertz CT molecular complexity index is 204. The predicted octanol–water partition coefficient (Wildman–Crippen LogP) is 2.79. The van der Waals surface area contributed by atoms with Crippen LogP contribution in [0.3, 0.4) is 0 Å². The summed E-state index contributed by atoms with van der Waals surface area (Å²) in [7, 11) is 0. The molecule has 0 aliphatic heterocycles. The first-order valence-corrected chi connectivity index (χ1v) is 6.72. The lowest BCUT2D eigenvalue weighted by Crippen LogP contribution is -2.45. The van der Waals surface area contributed by atoms with Gasteiger partial charge in [-0.15, -0.1) is 6.58 Å². The van der Waals surface area contributed by atoms with Gasteiger partial charge in [-0.25, -0.2) is 0 Å². The maximum atomic E-state index is 11.6. The third-order valence-electron chi connectivity index (χ3n) is 2.56. The second-order valence-electron chi connectivity index (χ2n) is 4.25. The minimum absolute atomic E-state index is 0.0381. The van der Waals surface area contributed by atoms with E-state index in [9.17, 15) is 4.79 Å². The third kappa shape index (κ3) is 10.1. The first-order valence-electron chi connectivity index (χ1n) is 6.72. The van der Waals surface area contributed by atoms with Crippen LogP contribution in [0.4, 0.5) is 0 Å². The van der Waals surface area contributed by atoms with E-state index in [1.165, 1.54) is 0 Å². The van der Waals surface area contributed by atoms with E-state index in [2.05, 4.69) is 31.1 Å². The fourth-order valence-electron chi connectivity index (χ4n) is 1.53. The summed E-state index contributed by atoms with van der Waals surface area (Å²) in [6.07, 6.45) is 9.92. The van der Waals surface area contributed by atoms with Gasteiger partial charge in [-0.1, -0.05) is 45.6 Å². The van der Waals surface area contributed by atoms with Gasteiger partial charge in [-0.2, -0.15) is 0 Å². The van der Waals surface area contributed by atoms with Crippen molar-refractivity contribution < 1.29 is 4.79 Å². The van der Waals surface area contributed by atoms with Gasteiger partial charge in [0.2, 0.25) is 5.91 Å². The number of hydrogen-bond donors (Lipinski definition) is 2. The number of carbonyl (C=O) groups excluding carboxylic acids is 1. The zero-order valence-electron chi connectivity index (χ0n) is 11.3. The van der Waals surface area contributed by atoms with Crippen molar-refractivity contribution in [3.63, 3.8) is 0 Å². The second-order valence-corrected chi connectivity index (χ2v) is 4.25. The van der Waals surface area contributed by atoms with E-state index in [0.29, 0.717) is 0 Å². The first-order chi connectivity index (χ1) is 8.24. The summed E-state index contributed by atoms with van der Waals surface area (Å²) in [6.45, 7) is 8.67. The molecule has 0 aromatic carbocycles. The maximum Gasteiger partial charge on any atom is 0.225 e. The van der Waals surface area contributed by atoms with Gasteiger partial charge < -0.3 is 5.32 Å². The van der Waals surface area contributed by atoms with Crippen molar-refractivity contribution in [1.82, 2.24) is 10.6 Å². The number of nitrogens with one attached hydrogen (secondary N) is 2. The average Bonchev–Trinajstić information content (AvgIpc) is 2.33. The number of rotatable bonds is 11. The highest BCUT2D eigenvalue weighted by atomic mass is 16.1. The standard InChI is InChI=1S/C14H27N2O/c1-4-7-9-11-14(17)16-13(10-8-5-2)15-12-6-3/h6,11,13,15H,3-5,7-10,12H2,1-2H3,(H,16,17). The van der Waals surface area contributed by atoms with Crippen LogP contribution in [-0.4, -0.2) is 18.6 Å². The summed E-state index contributed by atoms with van der Waals surface area (Å²) in [5, 5.41) is 6.25. The lowest BCUT2D eigenvalue weighted by Gasteiger charge is -2.19. The molecule has 0 saturated heterocycles. The molecular formula is C14H27N2O. The Morgan fingerprint density at radius 3 is 2.59 bits per heavy atom. The van der Waals surface area contributed by atoms with E-state index in [-0.39, 0.29) is 12.1 Å². The highest BCUT2D eigenvalue weighted by molar-refractivity contribution is 5.84. The average molecular weight is 239 g/mol. The molecule has 1 atom stereocenters. The fourth-order valence-corrected chi connectivity index (χ4v) is 1.53. The lowest BCUT2D eigenvalue weighted by atomic mass is 10.2. The van der Waals surface area contributed by atoms with Crippen LogP contribution in [0.15, 0.2) is 12.7 Å². The van der Waals surface area contributed by atoms with Crippen molar-refractivity contribution in [2.24, 2.45) is 0 Å². The summed E-state index contributed by atoms with van der Waals surface area (Å²) in [5.74, 6) is 0.0381. The molecule has 3 heteroatoms. The second kappa shape index (κ2) is 11.6. The van der Waals surface area contributed by atoms with Gasteiger partial charge in [0.15, 0.2) is 0 Å². The van der Waals surface area contributed by atoms with E-state index >= 15 is 0 Å². The summed E-state index contributed by atoms with van der Waals surface area (Å²) in [6, 6.07) is 0. The first kappa shape index (κ1) is 16.2. The van der Waals surface area contributed by atoms with Crippen molar-refractivity contribution in [2.45, 2.75) is 58.5 Å². The molecule has 1 unspecified atom stereocenters. The van der Waals surface area contributed by atoms with Crippen LogP contribution in [-0.2, 0) is 4.79 Å². The highest BCUT2D eigenvalue weighted by Crippen LogP contribution is 2.01. The van der Waals surface area contributed by atoms with Crippen molar-refractivity contribution in [2.75, 3.05) is 6.54 Å². The van der Waals surface area contributed by atoms with Crippen LogP contribution >= 0.6 is 0 Å². The predicted molar refractivity (Wildman–Crippen MR) is 73.5 cm³/mol. The van der Waals surface area contributed by atoms with Crippen molar-refractivity contribution in [1.29, 1.82) is 0 Å². The summed E-state index contributed by atoms with van der Waals surface area (Å²) in [5.41, 5.74) is 0. The molecule has 1 amide bonds. The van der Waals surface area contributed by atoms with Gasteiger partial charge in [-0.05, 0) is 12.8 Å². The minimum atomic E-state index is 0.0381. The molecule has 0 spiro atoms. The van der Waals surface area contributed by atoms with Gasteiger partial charge >= 0.3 is 0 Å². The normalized spacial score (nSPS) is 12.1. The SMILES string of the molecule is C=CCNC(CCCC)NC(=O)[CH]CCCC. The Kier molecular flexibility index (Phi) is 11.1. The molecule has 0 aliphatic rings. The Morgan fingerprint density at radius 2 is 2.00 bits per heavy atom. The monoisotopic (exact) mass is 239 g/mol. The van der Waals surface area contributed by atoms with E-state index in [0.717, 1.165) is 45.1 Å². The van der Waals surface area contributed by atoms with Gasteiger partial charge in [0.25, 0.3) is 0 Å². The molecule has 3 nitrogen and oxygen atoms in total. The molecule has 0 heterocycles. The van der Waals surface area contributed by atoms with Crippen LogP contribution in [0.25, 0.3) is 0 Å². The molecule has 2 N–H and O–H groups in total. The third-order valence-corrected chi connectivity index (χ3v) is 2.56. The van der Waals surface area contributed by atoms with Crippen LogP contribution in [0.5, 0.6) is 0 Å². The van der Waals surface area contributed by atoms with Crippen molar-refractivity contribution in [3.05, 3.63) is 19.1 Å². The Morgan fingerprint density at radius 1 is 1.29 bits per heavy atom. The van der Waals surface area contributed by atoms with E-state index in [1.54, 1.807) is 6.42 Å². The molecule has 0 rings (SSSR count).